The Morgan fingerprint density at radius 3 is 2.45 bits per heavy atom. The summed E-state index contributed by atoms with van der Waals surface area (Å²) in [6, 6.07) is 8.12. The summed E-state index contributed by atoms with van der Waals surface area (Å²) in [6.45, 7) is 9.93. The molecular weight excluding hydrogens is 526 g/mol. The molecule has 0 aliphatic carbocycles. The van der Waals surface area contributed by atoms with E-state index in [1.807, 2.05) is 17.0 Å². The van der Waals surface area contributed by atoms with Crippen LogP contribution in [0.5, 0.6) is 0 Å². The van der Waals surface area contributed by atoms with Gasteiger partial charge in [0.15, 0.2) is 10.8 Å². The summed E-state index contributed by atoms with van der Waals surface area (Å²) in [4.78, 5) is 44.0. The topological polar surface area (TPSA) is 110 Å². The Labute approximate surface area is 237 Å². The molecule has 5 heterocycles. The van der Waals surface area contributed by atoms with Crippen molar-refractivity contribution in [1.29, 1.82) is 0 Å². The smallest absolute Gasteiger partial charge is 0.273 e. The molecule has 10 nitrogen and oxygen atoms in total. The van der Waals surface area contributed by atoms with Crippen molar-refractivity contribution >= 4 is 32.7 Å². The predicted molar refractivity (Wildman–Crippen MR) is 155 cm³/mol. The SMILES string of the molecule is CC(C)(C)c1ccc(-c2noc(Cn3cnc4nc(N5CCC(C(=O)N6CCCCC6)CC5)sc4c3=O)n2)cc1. The lowest BCUT2D eigenvalue weighted by molar-refractivity contribution is -0.137. The number of carbonyl (C=O) groups excluding carboxylic acids is 1. The normalized spacial score (nSPS) is 17.1. The minimum atomic E-state index is -0.182. The van der Waals surface area contributed by atoms with Crippen molar-refractivity contribution in [2.45, 2.75) is 64.8 Å². The number of likely N-dealkylation sites (tertiary alicyclic amines) is 1. The summed E-state index contributed by atoms with van der Waals surface area (Å²) in [5.74, 6) is 1.21. The third-order valence-corrected chi connectivity index (χ3v) is 9.03. The van der Waals surface area contributed by atoms with E-state index in [-0.39, 0.29) is 23.4 Å². The second-order valence-electron chi connectivity index (χ2n) is 11.8. The minimum absolute atomic E-state index is 0.0621. The van der Waals surface area contributed by atoms with Gasteiger partial charge in [-0.2, -0.15) is 9.97 Å². The Morgan fingerprint density at radius 2 is 1.75 bits per heavy atom. The van der Waals surface area contributed by atoms with Crippen LogP contribution in [-0.4, -0.2) is 61.7 Å². The molecule has 3 aromatic heterocycles. The van der Waals surface area contributed by atoms with E-state index in [1.165, 1.54) is 34.2 Å². The van der Waals surface area contributed by atoms with Gasteiger partial charge in [-0.25, -0.2) is 4.98 Å². The minimum Gasteiger partial charge on any atom is -0.348 e. The molecule has 2 fully saturated rings. The summed E-state index contributed by atoms with van der Waals surface area (Å²) >= 11 is 1.36. The van der Waals surface area contributed by atoms with Gasteiger partial charge in [0, 0.05) is 37.7 Å². The fraction of sp³-hybridized carbons (Fsp3) is 0.517. The lowest BCUT2D eigenvalue weighted by Crippen LogP contribution is -2.44. The van der Waals surface area contributed by atoms with E-state index in [0.29, 0.717) is 28.0 Å². The largest absolute Gasteiger partial charge is 0.348 e. The molecule has 0 unspecified atom stereocenters. The van der Waals surface area contributed by atoms with Crippen LogP contribution >= 0.6 is 11.3 Å². The van der Waals surface area contributed by atoms with Crippen molar-refractivity contribution in [2.75, 3.05) is 31.1 Å². The number of hydrogen-bond donors (Lipinski definition) is 0. The van der Waals surface area contributed by atoms with E-state index >= 15 is 0 Å². The fourth-order valence-corrected chi connectivity index (χ4v) is 6.50. The van der Waals surface area contributed by atoms with Crippen LogP contribution in [0, 0.1) is 5.92 Å². The molecule has 11 heteroatoms. The molecule has 2 saturated heterocycles. The van der Waals surface area contributed by atoms with E-state index in [9.17, 15) is 9.59 Å². The summed E-state index contributed by atoms with van der Waals surface area (Å²) in [6.07, 6.45) is 6.54. The molecule has 4 aromatic rings. The van der Waals surface area contributed by atoms with Gasteiger partial charge < -0.3 is 14.3 Å². The van der Waals surface area contributed by atoms with Crippen LogP contribution < -0.4 is 10.5 Å². The lowest BCUT2D eigenvalue weighted by atomic mass is 9.87. The average molecular weight is 562 g/mol. The number of carbonyl (C=O) groups is 1. The molecule has 1 amide bonds. The zero-order valence-corrected chi connectivity index (χ0v) is 24.1. The Hall–Kier alpha value is -3.60. The van der Waals surface area contributed by atoms with Crippen LogP contribution in [0.2, 0.25) is 0 Å². The Kier molecular flexibility index (Phi) is 7.16. The molecule has 210 valence electrons. The first kappa shape index (κ1) is 26.6. The number of anilines is 1. The molecule has 2 aliphatic rings. The number of nitrogens with zero attached hydrogens (tertiary/aromatic N) is 7. The van der Waals surface area contributed by atoms with Crippen molar-refractivity contribution in [3.8, 4) is 11.4 Å². The van der Waals surface area contributed by atoms with Crippen molar-refractivity contribution < 1.29 is 9.32 Å². The van der Waals surface area contributed by atoms with Gasteiger partial charge in [-0.3, -0.25) is 14.2 Å². The summed E-state index contributed by atoms with van der Waals surface area (Å²) < 4.78 is 7.44. The standard InChI is InChI=1S/C29H35N7O3S/c1-29(2,3)21-9-7-19(8-10-21)24-31-22(39-33-24)17-36-18-30-25-23(27(36)38)40-28(32-25)35-15-11-20(12-16-35)26(37)34-13-5-4-6-14-34/h7-10,18,20H,4-6,11-17H2,1-3H3. The summed E-state index contributed by atoms with van der Waals surface area (Å²) in [5, 5.41) is 4.89. The maximum atomic E-state index is 13.3. The number of aromatic nitrogens is 5. The molecule has 0 saturated carbocycles. The third kappa shape index (κ3) is 5.39. The van der Waals surface area contributed by atoms with Crippen LogP contribution in [0.25, 0.3) is 21.7 Å². The van der Waals surface area contributed by atoms with Gasteiger partial charge in [0.25, 0.3) is 5.56 Å². The molecule has 2 aliphatic heterocycles. The van der Waals surface area contributed by atoms with E-state index in [1.54, 1.807) is 0 Å². The Bertz CT molecular complexity index is 1550. The molecule has 0 radical (unpaired) electrons. The molecule has 40 heavy (non-hydrogen) atoms. The number of amides is 1. The first-order chi connectivity index (χ1) is 19.3. The van der Waals surface area contributed by atoms with Gasteiger partial charge in [-0.05, 0) is 43.1 Å². The summed E-state index contributed by atoms with van der Waals surface area (Å²) in [7, 11) is 0. The number of thiazole rings is 1. The Balaban J connectivity index is 1.13. The molecule has 1 aromatic carbocycles. The maximum absolute atomic E-state index is 13.3. The summed E-state index contributed by atoms with van der Waals surface area (Å²) in [5.41, 5.74) is 2.41. The maximum Gasteiger partial charge on any atom is 0.273 e. The highest BCUT2D eigenvalue weighted by Gasteiger charge is 2.30. The van der Waals surface area contributed by atoms with E-state index in [4.69, 9.17) is 4.52 Å². The third-order valence-electron chi connectivity index (χ3n) is 7.94. The molecule has 0 atom stereocenters. The first-order valence-corrected chi connectivity index (χ1v) is 14.9. The van der Waals surface area contributed by atoms with Gasteiger partial charge in [0.05, 0.1) is 0 Å². The predicted octanol–water partition coefficient (Wildman–Crippen LogP) is 4.48. The van der Waals surface area contributed by atoms with Gasteiger partial charge in [-0.1, -0.05) is 61.5 Å². The van der Waals surface area contributed by atoms with Crippen molar-refractivity contribution in [3.05, 3.63) is 52.4 Å². The van der Waals surface area contributed by atoms with Crippen LogP contribution in [0.3, 0.4) is 0 Å². The van der Waals surface area contributed by atoms with Gasteiger partial charge in [-0.15, -0.1) is 0 Å². The zero-order valence-electron chi connectivity index (χ0n) is 23.3. The fourth-order valence-electron chi connectivity index (χ4n) is 5.47. The zero-order chi connectivity index (χ0) is 27.9. The van der Waals surface area contributed by atoms with Gasteiger partial charge in [0.2, 0.25) is 17.6 Å². The van der Waals surface area contributed by atoms with Crippen LogP contribution in [-0.2, 0) is 16.8 Å². The number of hydrogen-bond acceptors (Lipinski definition) is 9. The number of rotatable bonds is 5. The van der Waals surface area contributed by atoms with E-state index < -0.39 is 0 Å². The number of benzene rings is 1. The highest BCUT2D eigenvalue weighted by Crippen LogP contribution is 2.30. The van der Waals surface area contributed by atoms with Crippen LogP contribution in [0.1, 0.15) is 64.3 Å². The molecule has 6 rings (SSSR count). The van der Waals surface area contributed by atoms with Gasteiger partial charge >= 0.3 is 0 Å². The van der Waals surface area contributed by atoms with Crippen molar-refractivity contribution in [1.82, 2.24) is 29.6 Å². The highest BCUT2D eigenvalue weighted by atomic mass is 32.1. The van der Waals surface area contributed by atoms with Crippen molar-refractivity contribution in [3.63, 3.8) is 0 Å². The average Bonchev–Trinajstić information content (AvgIpc) is 3.62. The quantitative estimate of drug-likeness (QED) is 0.351. The lowest BCUT2D eigenvalue weighted by Gasteiger charge is -2.35. The Morgan fingerprint density at radius 1 is 1.02 bits per heavy atom. The molecule has 0 N–H and O–H groups in total. The first-order valence-electron chi connectivity index (χ1n) is 14.1. The van der Waals surface area contributed by atoms with Crippen LogP contribution in [0.15, 0.2) is 39.9 Å². The van der Waals surface area contributed by atoms with Crippen LogP contribution in [0.4, 0.5) is 5.13 Å². The second kappa shape index (κ2) is 10.8. The second-order valence-corrected chi connectivity index (χ2v) is 12.8. The number of piperidine rings is 2. The van der Waals surface area contributed by atoms with E-state index in [0.717, 1.165) is 62.6 Å². The van der Waals surface area contributed by atoms with Gasteiger partial charge in [0.1, 0.15) is 17.6 Å². The molecule has 0 spiro atoms. The highest BCUT2D eigenvalue weighted by molar-refractivity contribution is 7.22. The molecule has 0 bridgehead atoms. The molecular formula is C29H35N7O3S. The van der Waals surface area contributed by atoms with Crippen molar-refractivity contribution in [2.24, 2.45) is 5.92 Å². The van der Waals surface area contributed by atoms with E-state index in [2.05, 4.69) is 57.9 Å². The number of fused-ring (bicyclic) bond motifs is 1. The monoisotopic (exact) mass is 561 g/mol.